The number of methoxy groups -OCH3 is 2. The van der Waals surface area contributed by atoms with Crippen LogP contribution in [0.2, 0.25) is 0 Å². The molecule has 0 saturated carbocycles. The quantitative estimate of drug-likeness (QED) is 0.506. The smallest absolute Gasteiger partial charge is 0.156 e. The van der Waals surface area contributed by atoms with Gasteiger partial charge in [0, 0.05) is 14.2 Å². The maximum atomic E-state index is 5.13. The van der Waals surface area contributed by atoms with Crippen molar-refractivity contribution >= 4 is 0 Å². The van der Waals surface area contributed by atoms with E-state index >= 15 is 0 Å². The van der Waals surface area contributed by atoms with Crippen molar-refractivity contribution in [1.29, 1.82) is 0 Å². The van der Waals surface area contributed by atoms with Crippen LogP contribution in [-0.2, 0) is 15.9 Å². The van der Waals surface area contributed by atoms with E-state index in [-0.39, 0.29) is 6.29 Å². The summed E-state index contributed by atoms with van der Waals surface area (Å²) in [4.78, 5) is 0. The molecule has 0 fully saturated rings. The summed E-state index contributed by atoms with van der Waals surface area (Å²) >= 11 is 0. The molecule has 1 aromatic rings. The average Bonchev–Trinajstić information content (AvgIpc) is 2.31. The number of benzene rings is 1. The lowest BCUT2D eigenvalue weighted by Gasteiger charge is -2.12. The van der Waals surface area contributed by atoms with Crippen LogP contribution in [0, 0.1) is 0 Å². The minimum absolute atomic E-state index is 0.0410. The Morgan fingerprint density at radius 2 is 1.67 bits per heavy atom. The Balaban J connectivity index is 2.12. The number of hydrogen-bond acceptors (Lipinski definition) is 2. The van der Waals surface area contributed by atoms with E-state index in [1.54, 1.807) is 14.2 Å². The summed E-state index contributed by atoms with van der Waals surface area (Å²) in [6.07, 6.45) is 4.40. The summed E-state index contributed by atoms with van der Waals surface area (Å²) in [5.74, 6) is 0. The van der Waals surface area contributed by atoms with Gasteiger partial charge >= 0.3 is 0 Å². The average molecular weight is 208 g/mol. The molecule has 0 amide bonds. The van der Waals surface area contributed by atoms with Gasteiger partial charge in [-0.25, -0.2) is 0 Å². The Labute approximate surface area is 92.2 Å². The zero-order valence-electron chi connectivity index (χ0n) is 9.61. The molecule has 0 unspecified atom stereocenters. The van der Waals surface area contributed by atoms with Crippen molar-refractivity contribution in [2.45, 2.75) is 32.0 Å². The third kappa shape index (κ3) is 4.96. The molecule has 0 radical (unpaired) electrons. The molecule has 0 aromatic heterocycles. The van der Waals surface area contributed by atoms with Crippen molar-refractivity contribution in [3.63, 3.8) is 0 Å². The molecule has 1 aromatic carbocycles. The second-order valence-electron chi connectivity index (χ2n) is 3.63. The van der Waals surface area contributed by atoms with E-state index in [9.17, 15) is 0 Å². The predicted molar refractivity (Wildman–Crippen MR) is 61.8 cm³/mol. The van der Waals surface area contributed by atoms with Gasteiger partial charge in [0.15, 0.2) is 6.29 Å². The minimum Gasteiger partial charge on any atom is -0.356 e. The predicted octanol–water partition coefficient (Wildman–Crippen LogP) is 3.02. The van der Waals surface area contributed by atoms with E-state index in [1.165, 1.54) is 12.0 Å². The van der Waals surface area contributed by atoms with Crippen LogP contribution in [0.1, 0.15) is 24.8 Å². The number of ether oxygens (including phenoxy) is 2. The zero-order chi connectivity index (χ0) is 10.9. The van der Waals surface area contributed by atoms with Crippen molar-refractivity contribution in [3.8, 4) is 0 Å². The van der Waals surface area contributed by atoms with E-state index in [1.807, 2.05) is 0 Å². The molecule has 0 aliphatic rings. The van der Waals surface area contributed by atoms with Crippen LogP contribution >= 0.6 is 0 Å². The van der Waals surface area contributed by atoms with Gasteiger partial charge in [0.05, 0.1) is 0 Å². The molecule has 0 heterocycles. The summed E-state index contributed by atoms with van der Waals surface area (Å²) in [6, 6.07) is 10.6. The Hall–Kier alpha value is -0.860. The summed E-state index contributed by atoms with van der Waals surface area (Å²) in [5.41, 5.74) is 1.41. The molecule has 0 spiro atoms. The van der Waals surface area contributed by atoms with Gasteiger partial charge in [0.1, 0.15) is 0 Å². The molecular formula is C13H20O2. The number of unbranched alkanes of at least 4 members (excludes halogenated alkanes) is 1. The van der Waals surface area contributed by atoms with Crippen LogP contribution in [0.15, 0.2) is 30.3 Å². The molecule has 1 rings (SSSR count). The van der Waals surface area contributed by atoms with E-state index in [0.717, 1.165) is 19.3 Å². The summed E-state index contributed by atoms with van der Waals surface area (Å²) in [6.45, 7) is 0. The van der Waals surface area contributed by atoms with Crippen LogP contribution in [-0.4, -0.2) is 20.5 Å². The molecule has 0 N–H and O–H groups in total. The first kappa shape index (κ1) is 12.2. The molecule has 2 heteroatoms. The highest BCUT2D eigenvalue weighted by Crippen LogP contribution is 2.09. The summed E-state index contributed by atoms with van der Waals surface area (Å²) in [5, 5.41) is 0. The molecule has 0 atom stereocenters. The third-order valence-corrected chi connectivity index (χ3v) is 2.52. The number of rotatable bonds is 7. The number of aryl methyl sites for hydroxylation is 1. The Morgan fingerprint density at radius 3 is 2.27 bits per heavy atom. The van der Waals surface area contributed by atoms with Crippen LogP contribution in [0.3, 0.4) is 0 Å². The van der Waals surface area contributed by atoms with Crippen LogP contribution in [0.4, 0.5) is 0 Å². The first-order valence-corrected chi connectivity index (χ1v) is 5.46. The Morgan fingerprint density at radius 1 is 1.00 bits per heavy atom. The van der Waals surface area contributed by atoms with Gasteiger partial charge in [-0.2, -0.15) is 0 Å². The molecule has 0 bridgehead atoms. The van der Waals surface area contributed by atoms with E-state index in [4.69, 9.17) is 9.47 Å². The molecule has 2 nitrogen and oxygen atoms in total. The highest BCUT2D eigenvalue weighted by Gasteiger charge is 2.03. The molecular weight excluding hydrogens is 188 g/mol. The summed E-state index contributed by atoms with van der Waals surface area (Å²) in [7, 11) is 3.37. The monoisotopic (exact) mass is 208 g/mol. The van der Waals surface area contributed by atoms with Gasteiger partial charge in [-0.05, 0) is 31.2 Å². The molecule has 0 saturated heterocycles. The molecule has 0 aliphatic carbocycles. The Kier molecular flexibility index (Phi) is 6.05. The second-order valence-corrected chi connectivity index (χ2v) is 3.63. The van der Waals surface area contributed by atoms with Crippen LogP contribution in [0.5, 0.6) is 0 Å². The standard InChI is InChI=1S/C13H20O2/c1-14-13(15-2)11-7-6-10-12-8-4-3-5-9-12/h3-5,8-9,13H,6-7,10-11H2,1-2H3. The second kappa shape index (κ2) is 7.43. The fraction of sp³-hybridized carbons (Fsp3) is 0.538. The van der Waals surface area contributed by atoms with Crippen molar-refractivity contribution < 1.29 is 9.47 Å². The van der Waals surface area contributed by atoms with Crippen molar-refractivity contribution in [1.82, 2.24) is 0 Å². The SMILES string of the molecule is COC(CCCCc1ccccc1)OC. The van der Waals surface area contributed by atoms with Gasteiger partial charge in [-0.3, -0.25) is 0 Å². The van der Waals surface area contributed by atoms with Crippen LogP contribution < -0.4 is 0 Å². The van der Waals surface area contributed by atoms with Gasteiger partial charge in [0.25, 0.3) is 0 Å². The van der Waals surface area contributed by atoms with Gasteiger partial charge in [-0.15, -0.1) is 0 Å². The zero-order valence-corrected chi connectivity index (χ0v) is 9.61. The third-order valence-electron chi connectivity index (χ3n) is 2.52. The van der Waals surface area contributed by atoms with Crippen molar-refractivity contribution in [2.75, 3.05) is 14.2 Å². The largest absolute Gasteiger partial charge is 0.356 e. The maximum absolute atomic E-state index is 5.13. The lowest BCUT2D eigenvalue weighted by atomic mass is 10.1. The minimum atomic E-state index is -0.0410. The highest BCUT2D eigenvalue weighted by molar-refractivity contribution is 5.14. The van der Waals surface area contributed by atoms with Gasteiger partial charge in [0.2, 0.25) is 0 Å². The first-order chi connectivity index (χ1) is 7.36. The van der Waals surface area contributed by atoms with Gasteiger partial charge in [-0.1, -0.05) is 30.3 Å². The number of hydrogen-bond donors (Lipinski definition) is 0. The van der Waals surface area contributed by atoms with E-state index in [0.29, 0.717) is 0 Å². The Bertz CT molecular complexity index is 242. The van der Waals surface area contributed by atoms with E-state index in [2.05, 4.69) is 30.3 Å². The first-order valence-electron chi connectivity index (χ1n) is 5.46. The van der Waals surface area contributed by atoms with Crippen molar-refractivity contribution in [2.24, 2.45) is 0 Å². The molecule has 84 valence electrons. The lowest BCUT2D eigenvalue weighted by molar-refractivity contribution is -0.107. The molecule has 0 aliphatic heterocycles. The lowest BCUT2D eigenvalue weighted by Crippen LogP contribution is -2.12. The summed E-state index contributed by atoms with van der Waals surface area (Å²) < 4.78 is 10.3. The molecule has 15 heavy (non-hydrogen) atoms. The topological polar surface area (TPSA) is 18.5 Å². The fourth-order valence-corrected chi connectivity index (χ4v) is 1.62. The highest BCUT2D eigenvalue weighted by atomic mass is 16.7. The van der Waals surface area contributed by atoms with Crippen LogP contribution in [0.25, 0.3) is 0 Å². The normalized spacial score (nSPS) is 10.9. The van der Waals surface area contributed by atoms with Gasteiger partial charge < -0.3 is 9.47 Å². The van der Waals surface area contributed by atoms with Crippen molar-refractivity contribution in [3.05, 3.63) is 35.9 Å². The maximum Gasteiger partial charge on any atom is 0.156 e. The van der Waals surface area contributed by atoms with E-state index < -0.39 is 0 Å². The fourth-order valence-electron chi connectivity index (χ4n) is 1.62.